The summed E-state index contributed by atoms with van der Waals surface area (Å²) < 4.78 is 5.76. The molecule has 1 saturated carbocycles. The second-order valence-corrected chi connectivity index (χ2v) is 8.53. The van der Waals surface area contributed by atoms with E-state index in [4.69, 9.17) is 32.9 Å². The van der Waals surface area contributed by atoms with Gasteiger partial charge in [0.2, 0.25) is 5.91 Å². The smallest absolute Gasteiger partial charge is 0.231 e. The molecule has 0 N–H and O–H groups in total. The minimum Gasteiger partial charge on any atom is -0.376 e. The maximum absolute atomic E-state index is 13.0. The van der Waals surface area contributed by atoms with E-state index in [2.05, 4.69) is 0 Å². The highest BCUT2D eigenvalue weighted by Crippen LogP contribution is 2.36. The first-order valence-electron chi connectivity index (χ1n) is 8.96. The van der Waals surface area contributed by atoms with E-state index in [1.54, 1.807) is 12.1 Å². The predicted octanol–water partition coefficient (Wildman–Crippen LogP) is 5.43. The maximum Gasteiger partial charge on any atom is 0.231 e. The highest BCUT2D eigenvalue weighted by Gasteiger charge is 2.33. The van der Waals surface area contributed by atoms with Gasteiger partial charge in [0.25, 0.3) is 0 Å². The Morgan fingerprint density at radius 1 is 1.27 bits per heavy atom. The Labute approximate surface area is 167 Å². The minimum atomic E-state index is 0.102. The van der Waals surface area contributed by atoms with Crippen molar-refractivity contribution in [1.29, 1.82) is 0 Å². The summed E-state index contributed by atoms with van der Waals surface area (Å²) in [5, 5.41) is 3.82. The van der Waals surface area contributed by atoms with Crippen molar-refractivity contribution in [3.8, 4) is 11.3 Å². The summed E-state index contributed by atoms with van der Waals surface area (Å²) in [6.07, 6.45) is 5.23. The van der Waals surface area contributed by atoms with Gasteiger partial charge in [-0.15, -0.1) is 11.3 Å². The second-order valence-electron chi connectivity index (χ2n) is 6.85. The van der Waals surface area contributed by atoms with Crippen molar-refractivity contribution < 1.29 is 9.53 Å². The lowest BCUT2D eigenvalue weighted by Crippen LogP contribution is -2.43. The number of amides is 1. The SMILES string of the molecule is O=C(C1CCC1)N(C[C@@H]1CCCO1)c1nc(-c2ccc(Cl)cc2Cl)cs1. The van der Waals surface area contributed by atoms with Crippen molar-refractivity contribution in [3.05, 3.63) is 33.6 Å². The number of halogens is 2. The summed E-state index contributed by atoms with van der Waals surface area (Å²) in [6.45, 7) is 1.36. The number of aromatic nitrogens is 1. The van der Waals surface area contributed by atoms with Crippen LogP contribution in [0.2, 0.25) is 10.0 Å². The number of hydrogen-bond acceptors (Lipinski definition) is 4. The second kappa shape index (κ2) is 7.85. The van der Waals surface area contributed by atoms with Gasteiger partial charge in [0, 0.05) is 28.5 Å². The van der Waals surface area contributed by atoms with Crippen LogP contribution in [0.15, 0.2) is 23.6 Å². The van der Waals surface area contributed by atoms with Crippen LogP contribution in [0.25, 0.3) is 11.3 Å². The van der Waals surface area contributed by atoms with Gasteiger partial charge < -0.3 is 4.74 Å². The lowest BCUT2D eigenvalue weighted by molar-refractivity contribution is -0.125. The number of hydrogen-bond donors (Lipinski definition) is 0. The largest absolute Gasteiger partial charge is 0.376 e. The molecule has 138 valence electrons. The summed E-state index contributed by atoms with van der Waals surface area (Å²) in [5.74, 6) is 0.303. The molecule has 2 aromatic rings. The summed E-state index contributed by atoms with van der Waals surface area (Å²) in [7, 11) is 0. The summed E-state index contributed by atoms with van der Waals surface area (Å²) in [5.41, 5.74) is 1.59. The first-order valence-corrected chi connectivity index (χ1v) is 10.6. The third-order valence-electron chi connectivity index (χ3n) is 5.06. The quantitative estimate of drug-likeness (QED) is 0.659. The number of thiazole rings is 1. The first kappa shape index (κ1) is 18.2. The highest BCUT2D eigenvalue weighted by molar-refractivity contribution is 7.14. The lowest BCUT2D eigenvalue weighted by Gasteiger charge is -2.31. The first-order chi connectivity index (χ1) is 12.6. The van der Waals surface area contributed by atoms with Crippen molar-refractivity contribution in [1.82, 2.24) is 4.98 Å². The molecule has 2 aliphatic rings. The van der Waals surface area contributed by atoms with Crippen LogP contribution >= 0.6 is 34.5 Å². The standard InChI is InChI=1S/C19H20Cl2N2O2S/c20-13-6-7-15(16(21)9-13)17-11-26-19(22-17)23(10-14-5-2-8-25-14)18(24)12-3-1-4-12/h6-7,9,11-12,14H,1-5,8,10H2/t14-/m0/s1. The molecule has 0 spiro atoms. The van der Waals surface area contributed by atoms with Gasteiger partial charge in [0.05, 0.1) is 23.4 Å². The number of benzene rings is 1. The van der Waals surface area contributed by atoms with Gasteiger partial charge in [-0.2, -0.15) is 0 Å². The number of carbonyl (C=O) groups is 1. The molecule has 1 aliphatic heterocycles. The van der Waals surface area contributed by atoms with Crippen LogP contribution in [0.3, 0.4) is 0 Å². The maximum atomic E-state index is 13.0. The summed E-state index contributed by atoms with van der Waals surface area (Å²) >= 11 is 13.8. The van der Waals surface area contributed by atoms with Gasteiger partial charge in [-0.05, 0) is 43.9 Å². The molecule has 1 atom stereocenters. The normalized spacial score (nSPS) is 20.2. The molecule has 4 nitrogen and oxygen atoms in total. The van der Waals surface area contributed by atoms with Gasteiger partial charge >= 0.3 is 0 Å². The fourth-order valence-corrected chi connectivity index (χ4v) is 4.68. The Bertz CT molecular complexity index is 801. The molecule has 1 aliphatic carbocycles. The van der Waals surface area contributed by atoms with E-state index in [-0.39, 0.29) is 17.9 Å². The Kier molecular flexibility index (Phi) is 5.50. The molecule has 0 radical (unpaired) electrons. The zero-order chi connectivity index (χ0) is 18.1. The highest BCUT2D eigenvalue weighted by atomic mass is 35.5. The molecule has 1 aromatic carbocycles. The monoisotopic (exact) mass is 410 g/mol. The fraction of sp³-hybridized carbons (Fsp3) is 0.474. The van der Waals surface area contributed by atoms with Gasteiger partial charge in [-0.3, -0.25) is 9.69 Å². The van der Waals surface area contributed by atoms with E-state index < -0.39 is 0 Å². The number of carbonyl (C=O) groups excluding carboxylic acids is 1. The van der Waals surface area contributed by atoms with E-state index >= 15 is 0 Å². The summed E-state index contributed by atoms with van der Waals surface area (Å²) in [6, 6.07) is 5.37. The van der Waals surface area contributed by atoms with Crippen LogP contribution in [0, 0.1) is 5.92 Å². The van der Waals surface area contributed by atoms with Crippen LogP contribution in [-0.4, -0.2) is 30.1 Å². The third kappa shape index (κ3) is 3.77. The molecule has 2 fully saturated rings. The molecule has 26 heavy (non-hydrogen) atoms. The number of anilines is 1. The van der Waals surface area contributed by atoms with E-state index in [9.17, 15) is 4.79 Å². The summed E-state index contributed by atoms with van der Waals surface area (Å²) in [4.78, 5) is 19.5. The van der Waals surface area contributed by atoms with Gasteiger partial charge in [0.15, 0.2) is 5.13 Å². The van der Waals surface area contributed by atoms with E-state index in [0.717, 1.165) is 55.1 Å². The minimum absolute atomic E-state index is 0.102. The van der Waals surface area contributed by atoms with Crippen LogP contribution < -0.4 is 4.90 Å². The van der Waals surface area contributed by atoms with Crippen molar-refractivity contribution in [2.24, 2.45) is 5.92 Å². The molecule has 4 rings (SSSR count). The third-order valence-corrected chi connectivity index (χ3v) is 6.47. The molecule has 7 heteroatoms. The van der Waals surface area contributed by atoms with Gasteiger partial charge in [-0.1, -0.05) is 29.6 Å². The number of nitrogens with zero attached hydrogens (tertiary/aromatic N) is 2. The Morgan fingerprint density at radius 3 is 2.77 bits per heavy atom. The molecule has 1 aromatic heterocycles. The van der Waals surface area contributed by atoms with E-state index in [0.29, 0.717) is 16.6 Å². The Balaban J connectivity index is 1.60. The van der Waals surface area contributed by atoms with Crippen molar-refractivity contribution in [2.75, 3.05) is 18.1 Å². The molecule has 0 bridgehead atoms. The van der Waals surface area contributed by atoms with Crippen LogP contribution in [-0.2, 0) is 9.53 Å². The molecule has 1 amide bonds. The number of rotatable bonds is 5. The molecular formula is C19H20Cl2N2O2S. The van der Waals surface area contributed by atoms with Crippen LogP contribution in [0.5, 0.6) is 0 Å². The van der Waals surface area contributed by atoms with Crippen molar-refractivity contribution in [3.63, 3.8) is 0 Å². The van der Waals surface area contributed by atoms with E-state index in [1.807, 2.05) is 16.3 Å². The Hall–Kier alpha value is -1.14. The van der Waals surface area contributed by atoms with E-state index in [1.165, 1.54) is 11.3 Å². The topological polar surface area (TPSA) is 42.4 Å². The molecule has 0 unspecified atom stereocenters. The number of ether oxygens (including phenoxy) is 1. The zero-order valence-corrected chi connectivity index (χ0v) is 16.6. The molecule has 1 saturated heterocycles. The Morgan fingerprint density at radius 2 is 2.12 bits per heavy atom. The predicted molar refractivity (Wildman–Crippen MR) is 106 cm³/mol. The van der Waals surface area contributed by atoms with Crippen molar-refractivity contribution in [2.45, 2.75) is 38.2 Å². The van der Waals surface area contributed by atoms with Gasteiger partial charge in [0.1, 0.15) is 0 Å². The van der Waals surface area contributed by atoms with Gasteiger partial charge in [-0.25, -0.2) is 4.98 Å². The molecular weight excluding hydrogens is 391 g/mol. The average molecular weight is 411 g/mol. The average Bonchev–Trinajstić information content (AvgIpc) is 3.22. The zero-order valence-electron chi connectivity index (χ0n) is 14.3. The van der Waals surface area contributed by atoms with Crippen LogP contribution in [0.4, 0.5) is 5.13 Å². The fourth-order valence-electron chi connectivity index (χ4n) is 3.34. The lowest BCUT2D eigenvalue weighted by atomic mass is 9.84. The van der Waals surface area contributed by atoms with Crippen molar-refractivity contribution >= 4 is 45.6 Å². The molecule has 2 heterocycles. The van der Waals surface area contributed by atoms with Crippen LogP contribution in [0.1, 0.15) is 32.1 Å².